The lowest BCUT2D eigenvalue weighted by Crippen LogP contribution is -2.32. The van der Waals surface area contributed by atoms with Crippen molar-refractivity contribution in [3.63, 3.8) is 0 Å². The summed E-state index contributed by atoms with van der Waals surface area (Å²) in [6, 6.07) is 0. The van der Waals surface area contributed by atoms with E-state index in [-0.39, 0.29) is 26.2 Å². The lowest BCUT2D eigenvalue weighted by Gasteiger charge is -2.17. The van der Waals surface area contributed by atoms with Crippen molar-refractivity contribution < 1.29 is 35.1 Å². The van der Waals surface area contributed by atoms with Crippen molar-refractivity contribution in [2.75, 3.05) is 39.5 Å². The molecule has 0 rings (SSSR count). The molecule has 0 aliphatic carbocycles. The highest BCUT2D eigenvalue weighted by Crippen LogP contribution is 2.15. The molecular weight excluding hydrogens is 342 g/mol. The third kappa shape index (κ3) is 19.1. The lowest BCUT2D eigenvalue weighted by molar-refractivity contribution is -0.148. The van der Waals surface area contributed by atoms with Crippen LogP contribution in [-0.2, 0) is 9.59 Å². The molecule has 8 nitrogen and oxygen atoms in total. The number of carbonyl (C=O) groups is 2. The molecule has 0 saturated heterocycles. The standard InChI is InChI=1S/C12H22O4.C6H15NO3/c1-2-3-4-5-6-7-8-10(12(15)16)9-11(13)14;8-4-1-7(2-5-9)3-6-10/h10H,2-9H2,1H3,(H,13,14)(H,15,16);8-10H,1-6H2. The molecule has 0 aromatic heterocycles. The summed E-state index contributed by atoms with van der Waals surface area (Å²) >= 11 is 0. The van der Waals surface area contributed by atoms with Crippen LogP contribution >= 0.6 is 0 Å². The molecule has 0 amide bonds. The maximum absolute atomic E-state index is 10.7. The van der Waals surface area contributed by atoms with Crippen LogP contribution in [0.15, 0.2) is 0 Å². The topological polar surface area (TPSA) is 139 Å². The van der Waals surface area contributed by atoms with Crippen molar-refractivity contribution in [1.82, 2.24) is 4.90 Å². The van der Waals surface area contributed by atoms with Gasteiger partial charge in [0.15, 0.2) is 0 Å². The first-order valence-electron chi connectivity index (χ1n) is 9.42. The third-order valence-electron chi connectivity index (χ3n) is 3.93. The van der Waals surface area contributed by atoms with Gasteiger partial charge in [-0.15, -0.1) is 0 Å². The highest BCUT2D eigenvalue weighted by Gasteiger charge is 2.19. The van der Waals surface area contributed by atoms with Crippen LogP contribution in [0.25, 0.3) is 0 Å². The second-order valence-corrected chi connectivity index (χ2v) is 6.20. The number of nitrogens with zero attached hydrogens (tertiary/aromatic N) is 1. The summed E-state index contributed by atoms with van der Waals surface area (Å²) < 4.78 is 0. The van der Waals surface area contributed by atoms with E-state index >= 15 is 0 Å². The van der Waals surface area contributed by atoms with E-state index in [0.29, 0.717) is 26.1 Å². The summed E-state index contributed by atoms with van der Waals surface area (Å²) in [6.07, 6.45) is 6.75. The molecule has 8 heteroatoms. The number of aliphatic hydroxyl groups is 3. The molecule has 0 spiro atoms. The number of unbranched alkanes of at least 4 members (excludes halogenated alkanes) is 5. The van der Waals surface area contributed by atoms with Gasteiger partial charge in [0.2, 0.25) is 0 Å². The predicted molar refractivity (Wildman–Crippen MR) is 99.1 cm³/mol. The molecule has 0 radical (unpaired) electrons. The molecule has 0 heterocycles. The van der Waals surface area contributed by atoms with Gasteiger partial charge in [-0.05, 0) is 6.42 Å². The van der Waals surface area contributed by atoms with E-state index in [4.69, 9.17) is 25.5 Å². The first-order chi connectivity index (χ1) is 12.4. The van der Waals surface area contributed by atoms with Crippen LogP contribution in [0.4, 0.5) is 0 Å². The highest BCUT2D eigenvalue weighted by atomic mass is 16.4. The van der Waals surface area contributed by atoms with E-state index in [1.165, 1.54) is 19.3 Å². The van der Waals surface area contributed by atoms with Crippen molar-refractivity contribution in [3.05, 3.63) is 0 Å². The van der Waals surface area contributed by atoms with Crippen molar-refractivity contribution in [2.24, 2.45) is 5.92 Å². The van der Waals surface area contributed by atoms with Crippen LogP contribution in [0.1, 0.15) is 58.3 Å². The minimum atomic E-state index is -1.03. The molecule has 0 aliphatic rings. The Balaban J connectivity index is 0. The molecule has 1 unspecified atom stereocenters. The maximum Gasteiger partial charge on any atom is 0.307 e. The first kappa shape index (κ1) is 27.0. The summed E-state index contributed by atoms with van der Waals surface area (Å²) in [5.41, 5.74) is 0. The molecule has 5 N–H and O–H groups in total. The number of hydrogen-bond donors (Lipinski definition) is 5. The van der Waals surface area contributed by atoms with Crippen LogP contribution in [0, 0.1) is 5.92 Å². The Morgan fingerprint density at radius 1 is 0.808 bits per heavy atom. The van der Waals surface area contributed by atoms with Crippen LogP contribution < -0.4 is 0 Å². The fraction of sp³-hybridized carbons (Fsp3) is 0.889. The number of rotatable bonds is 16. The van der Waals surface area contributed by atoms with E-state index in [1.807, 2.05) is 0 Å². The van der Waals surface area contributed by atoms with Gasteiger partial charge < -0.3 is 25.5 Å². The fourth-order valence-electron chi connectivity index (χ4n) is 2.45. The monoisotopic (exact) mass is 379 g/mol. The van der Waals surface area contributed by atoms with Crippen LogP contribution in [-0.4, -0.2) is 81.8 Å². The molecule has 0 aromatic rings. The van der Waals surface area contributed by atoms with Crippen molar-refractivity contribution in [3.8, 4) is 0 Å². The summed E-state index contributed by atoms with van der Waals surface area (Å²) in [5, 5.41) is 42.8. The Hall–Kier alpha value is -1.22. The van der Waals surface area contributed by atoms with E-state index in [2.05, 4.69) is 6.92 Å². The van der Waals surface area contributed by atoms with E-state index in [1.54, 1.807) is 4.90 Å². The number of carboxylic acid groups (broad SMARTS) is 2. The minimum absolute atomic E-state index is 0.0694. The zero-order chi connectivity index (χ0) is 20.2. The zero-order valence-corrected chi connectivity index (χ0v) is 16.0. The summed E-state index contributed by atoms with van der Waals surface area (Å²) in [6.45, 7) is 3.90. The Morgan fingerprint density at radius 3 is 1.65 bits per heavy atom. The average molecular weight is 379 g/mol. The van der Waals surface area contributed by atoms with E-state index in [9.17, 15) is 9.59 Å². The van der Waals surface area contributed by atoms with Crippen LogP contribution in [0.3, 0.4) is 0 Å². The average Bonchev–Trinajstić information content (AvgIpc) is 2.58. The number of hydrogen-bond acceptors (Lipinski definition) is 6. The molecule has 1 atom stereocenters. The Morgan fingerprint density at radius 2 is 1.27 bits per heavy atom. The molecule has 0 aromatic carbocycles. The van der Waals surface area contributed by atoms with Gasteiger partial charge in [0, 0.05) is 19.6 Å². The quantitative estimate of drug-likeness (QED) is 0.252. The smallest absolute Gasteiger partial charge is 0.307 e. The summed E-state index contributed by atoms with van der Waals surface area (Å²) in [4.78, 5) is 23.0. The van der Waals surface area contributed by atoms with Gasteiger partial charge in [-0.1, -0.05) is 45.4 Å². The molecular formula is C18H37NO7. The van der Waals surface area contributed by atoms with E-state index < -0.39 is 17.9 Å². The van der Waals surface area contributed by atoms with Crippen molar-refractivity contribution in [1.29, 1.82) is 0 Å². The summed E-state index contributed by atoms with van der Waals surface area (Å²) in [7, 11) is 0. The van der Waals surface area contributed by atoms with Crippen LogP contribution in [0.5, 0.6) is 0 Å². The van der Waals surface area contributed by atoms with Gasteiger partial charge in [0.25, 0.3) is 0 Å². The Labute approximate surface area is 156 Å². The second kappa shape index (κ2) is 20.1. The third-order valence-corrected chi connectivity index (χ3v) is 3.93. The van der Waals surface area contributed by atoms with E-state index in [0.717, 1.165) is 19.3 Å². The molecule has 0 saturated carbocycles. The Bertz CT molecular complexity index is 325. The molecule has 0 bridgehead atoms. The molecule has 156 valence electrons. The van der Waals surface area contributed by atoms with Gasteiger partial charge in [0.05, 0.1) is 32.2 Å². The van der Waals surface area contributed by atoms with Crippen molar-refractivity contribution in [2.45, 2.75) is 58.3 Å². The fourth-order valence-corrected chi connectivity index (χ4v) is 2.45. The van der Waals surface area contributed by atoms with Crippen molar-refractivity contribution >= 4 is 11.9 Å². The normalized spacial score (nSPS) is 11.7. The minimum Gasteiger partial charge on any atom is -0.481 e. The molecule has 0 fully saturated rings. The molecule has 26 heavy (non-hydrogen) atoms. The predicted octanol–water partition coefficient (Wildman–Crippen LogP) is 1.18. The van der Waals surface area contributed by atoms with Gasteiger partial charge >= 0.3 is 11.9 Å². The number of aliphatic carboxylic acids is 2. The first-order valence-corrected chi connectivity index (χ1v) is 9.42. The largest absolute Gasteiger partial charge is 0.481 e. The molecule has 0 aliphatic heterocycles. The number of aliphatic hydroxyl groups excluding tert-OH is 3. The van der Waals surface area contributed by atoms with Gasteiger partial charge in [-0.3, -0.25) is 14.5 Å². The Kier molecular flexibility index (Phi) is 20.9. The van der Waals surface area contributed by atoms with Gasteiger partial charge in [-0.2, -0.15) is 0 Å². The second-order valence-electron chi connectivity index (χ2n) is 6.20. The van der Waals surface area contributed by atoms with Gasteiger partial charge in [0.1, 0.15) is 0 Å². The summed E-state index contributed by atoms with van der Waals surface area (Å²) in [5.74, 6) is -2.74. The number of carboxylic acids is 2. The SMILES string of the molecule is CCCCCCCCC(CC(=O)O)C(=O)O.OCCN(CCO)CCO. The van der Waals surface area contributed by atoms with Crippen LogP contribution in [0.2, 0.25) is 0 Å². The maximum atomic E-state index is 10.7. The lowest BCUT2D eigenvalue weighted by atomic mass is 9.97. The highest BCUT2D eigenvalue weighted by molar-refractivity contribution is 5.77. The zero-order valence-electron chi connectivity index (χ0n) is 16.0. The van der Waals surface area contributed by atoms with Gasteiger partial charge in [-0.25, -0.2) is 0 Å².